The molecule has 2 aromatic rings. The molecular formula is C14H16N2O4. The van der Waals surface area contributed by atoms with Crippen LogP contribution in [0.15, 0.2) is 28.9 Å². The number of benzene rings is 1. The first-order valence-corrected chi connectivity index (χ1v) is 6.05. The van der Waals surface area contributed by atoms with Crippen molar-refractivity contribution in [1.82, 2.24) is 10.3 Å². The number of amides is 1. The van der Waals surface area contributed by atoms with E-state index in [2.05, 4.69) is 10.3 Å². The number of nitrogens with zero attached hydrogens (tertiary/aromatic N) is 1. The highest BCUT2D eigenvalue weighted by atomic mass is 16.5. The molecule has 0 unspecified atom stereocenters. The van der Waals surface area contributed by atoms with E-state index in [-0.39, 0.29) is 5.91 Å². The fourth-order valence-electron chi connectivity index (χ4n) is 1.71. The number of hydrogen-bond donors (Lipinski definition) is 1. The number of aromatic nitrogens is 1. The molecule has 0 fully saturated rings. The van der Waals surface area contributed by atoms with Crippen molar-refractivity contribution in [1.29, 1.82) is 0 Å². The van der Waals surface area contributed by atoms with E-state index in [4.69, 9.17) is 13.9 Å². The van der Waals surface area contributed by atoms with Crippen LogP contribution in [-0.2, 0) is 11.3 Å². The van der Waals surface area contributed by atoms with Gasteiger partial charge in [-0.05, 0) is 18.2 Å². The van der Waals surface area contributed by atoms with E-state index in [1.54, 1.807) is 26.4 Å². The molecule has 0 saturated carbocycles. The first-order valence-electron chi connectivity index (χ1n) is 6.05. The molecule has 0 spiro atoms. The van der Waals surface area contributed by atoms with Crippen LogP contribution in [0.5, 0.6) is 11.5 Å². The van der Waals surface area contributed by atoms with Gasteiger partial charge in [0.05, 0.1) is 26.5 Å². The summed E-state index contributed by atoms with van der Waals surface area (Å²) in [6.07, 6.45) is 1.52. The van der Waals surface area contributed by atoms with Crippen molar-refractivity contribution in [2.24, 2.45) is 0 Å². The van der Waals surface area contributed by atoms with Gasteiger partial charge in [0.1, 0.15) is 6.26 Å². The quantitative estimate of drug-likeness (QED) is 0.904. The number of carbonyl (C=O) groups excluding carboxylic acids is 1. The van der Waals surface area contributed by atoms with Crippen LogP contribution in [0.2, 0.25) is 0 Å². The zero-order valence-corrected chi connectivity index (χ0v) is 11.6. The summed E-state index contributed by atoms with van der Waals surface area (Å²) in [5.74, 6) is 1.60. The SMILES string of the molecule is COc1ccc(-c2nc(CNC(C)=O)co2)cc1OC. The van der Waals surface area contributed by atoms with E-state index in [0.29, 0.717) is 29.6 Å². The Balaban J connectivity index is 2.21. The topological polar surface area (TPSA) is 73.6 Å². The summed E-state index contributed by atoms with van der Waals surface area (Å²) in [5.41, 5.74) is 1.43. The third-order valence-corrected chi connectivity index (χ3v) is 2.70. The Morgan fingerprint density at radius 3 is 2.70 bits per heavy atom. The zero-order valence-electron chi connectivity index (χ0n) is 11.6. The molecule has 106 valence electrons. The lowest BCUT2D eigenvalue weighted by molar-refractivity contribution is -0.119. The first kappa shape index (κ1) is 13.9. The van der Waals surface area contributed by atoms with Gasteiger partial charge in [-0.25, -0.2) is 4.98 Å². The van der Waals surface area contributed by atoms with Crippen molar-refractivity contribution in [3.8, 4) is 23.0 Å². The van der Waals surface area contributed by atoms with Gasteiger partial charge in [0.25, 0.3) is 0 Å². The maximum Gasteiger partial charge on any atom is 0.226 e. The normalized spacial score (nSPS) is 10.2. The maximum absolute atomic E-state index is 10.8. The highest BCUT2D eigenvalue weighted by molar-refractivity contribution is 5.72. The van der Waals surface area contributed by atoms with Gasteiger partial charge in [0, 0.05) is 12.5 Å². The number of rotatable bonds is 5. The predicted molar refractivity (Wildman–Crippen MR) is 72.6 cm³/mol. The van der Waals surface area contributed by atoms with Crippen LogP contribution in [0, 0.1) is 0 Å². The molecule has 1 amide bonds. The van der Waals surface area contributed by atoms with Crippen LogP contribution < -0.4 is 14.8 Å². The summed E-state index contributed by atoms with van der Waals surface area (Å²) in [4.78, 5) is 15.2. The Kier molecular flexibility index (Phi) is 4.24. The number of hydrogen-bond acceptors (Lipinski definition) is 5. The Bertz CT molecular complexity index is 607. The van der Waals surface area contributed by atoms with Crippen LogP contribution in [0.4, 0.5) is 0 Å². The van der Waals surface area contributed by atoms with Crippen LogP contribution in [0.3, 0.4) is 0 Å². The van der Waals surface area contributed by atoms with Gasteiger partial charge in [-0.2, -0.15) is 0 Å². The summed E-state index contributed by atoms with van der Waals surface area (Å²) >= 11 is 0. The van der Waals surface area contributed by atoms with E-state index in [1.165, 1.54) is 13.2 Å². The fraction of sp³-hybridized carbons (Fsp3) is 0.286. The Morgan fingerprint density at radius 2 is 2.05 bits per heavy atom. The second-order valence-corrected chi connectivity index (χ2v) is 4.12. The molecule has 1 aromatic carbocycles. The predicted octanol–water partition coefficient (Wildman–Crippen LogP) is 1.99. The molecule has 0 atom stereocenters. The van der Waals surface area contributed by atoms with Crippen molar-refractivity contribution in [3.63, 3.8) is 0 Å². The molecule has 1 heterocycles. The summed E-state index contributed by atoms with van der Waals surface area (Å²) < 4.78 is 15.8. The van der Waals surface area contributed by atoms with Crippen molar-refractivity contribution in [3.05, 3.63) is 30.2 Å². The lowest BCUT2D eigenvalue weighted by Crippen LogP contribution is -2.18. The van der Waals surface area contributed by atoms with Crippen LogP contribution in [0.25, 0.3) is 11.5 Å². The average Bonchev–Trinajstić information content (AvgIpc) is 2.93. The third-order valence-electron chi connectivity index (χ3n) is 2.70. The Morgan fingerprint density at radius 1 is 1.30 bits per heavy atom. The molecule has 0 aliphatic heterocycles. The molecule has 6 heteroatoms. The number of ether oxygens (including phenoxy) is 2. The van der Waals surface area contributed by atoms with Gasteiger partial charge in [0.15, 0.2) is 11.5 Å². The standard InChI is InChI=1S/C14H16N2O4/c1-9(17)15-7-11-8-20-14(16-11)10-4-5-12(18-2)13(6-10)19-3/h4-6,8H,7H2,1-3H3,(H,15,17). The van der Waals surface area contributed by atoms with Gasteiger partial charge < -0.3 is 19.2 Å². The summed E-state index contributed by atoms with van der Waals surface area (Å²) in [5, 5.41) is 2.66. The minimum Gasteiger partial charge on any atom is -0.493 e. The average molecular weight is 276 g/mol. The van der Waals surface area contributed by atoms with Gasteiger partial charge in [-0.1, -0.05) is 0 Å². The molecule has 0 aliphatic carbocycles. The first-order chi connectivity index (χ1) is 9.63. The van der Waals surface area contributed by atoms with E-state index in [1.807, 2.05) is 6.07 Å². The lowest BCUT2D eigenvalue weighted by Gasteiger charge is -2.07. The molecule has 20 heavy (non-hydrogen) atoms. The van der Waals surface area contributed by atoms with Crippen molar-refractivity contribution in [2.75, 3.05) is 14.2 Å². The molecule has 1 aromatic heterocycles. The molecule has 0 aliphatic rings. The highest BCUT2D eigenvalue weighted by Crippen LogP contribution is 2.31. The largest absolute Gasteiger partial charge is 0.493 e. The van der Waals surface area contributed by atoms with Gasteiger partial charge in [0.2, 0.25) is 11.8 Å². The van der Waals surface area contributed by atoms with Crippen LogP contribution in [0.1, 0.15) is 12.6 Å². The zero-order chi connectivity index (χ0) is 14.5. The van der Waals surface area contributed by atoms with E-state index >= 15 is 0 Å². The summed E-state index contributed by atoms with van der Waals surface area (Å²) in [6, 6.07) is 5.40. The van der Waals surface area contributed by atoms with E-state index in [9.17, 15) is 4.79 Å². The molecular weight excluding hydrogens is 260 g/mol. The fourth-order valence-corrected chi connectivity index (χ4v) is 1.71. The molecule has 0 bridgehead atoms. The maximum atomic E-state index is 10.8. The number of methoxy groups -OCH3 is 2. The molecule has 2 rings (SSSR count). The number of carbonyl (C=O) groups is 1. The van der Waals surface area contributed by atoms with E-state index in [0.717, 1.165) is 5.56 Å². The minimum absolute atomic E-state index is 0.110. The number of oxazole rings is 1. The van der Waals surface area contributed by atoms with Gasteiger partial charge >= 0.3 is 0 Å². The van der Waals surface area contributed by atoms with Gasteiger partial charge in [-0.15, -0.1) is 0 Å². The van der Waals surface area contributed by atoms with Crippen LogP contribution in [-0.4, -0.2) is 25.1 Å². The monoisotopic (exact) mass is 276 g/mol. The van der Waals surface area contributed by atoms with Crippen molar-refractivity contribution >= 4 is 5.91 Å². The van der Waals surface area contributed by atoms with Crippen LogP contribution >= 0.6 is 0 Å². The molecule has 1 N–H and O–H groups in total. The van der Waals surface area contributed by atoms with E-state index < -0.39 is 0 Å². The number of nitrogens with one attached hydrogen (secondary N) is 1. The second kappa shape index (κ2) is 6.10. The Hall–Kier alpha value is -2.50. The minimum atomic E-state index is -0.110. The molecule has 6 nitrogen and oxygen atoms in total. The molecule has 0 radical (unpaired) electrons. The lowest BCUT2D eigenvalue weighted by atomic mass is 10.2. The summed E-state index contributed by atoms with van der Waals surface area (Å²) in [7, 11) is 3.15. The smallest absolute Gasteiger partial charge is 0.226 e. The van der Waals surface area contributed by atoms with Crippen molar-refractivity contribution in [2.45, 2.75) is 13.5 Å². The third kappa shape index (κ3) is 3.09. The molecule has 0 saturated heterocycles. The van der Waals surface area contributed by atoms with Gasteiger partial charge in [-0.3, -0.25) is 4.79 Å². The highest BCUT2D eigenvalue weighted by Gasteiger charge is 2.11. The summed E-state index contributed by atoms with van der Waals surface area (Å²) in [6.45, 7) is 1.79. The van der Waals surface area contributed by atoms with Crippen molar-refractivity contribution < 1.29 is 18.7 Å². The second-order valence-electron chi connectivity index (χ2n) is 4.12. The Labute approximate surface area is 116 Å².